The number of nitrogen functional groups attached to an aromatic ring is 1. The second-order valence-electron chi connectivity index (χ2n) is 4.24. The number of hydrogen-bond acceptors (Lipinski definition) is 5. The van der Waals surface area contributed by atoms with Crippen molar-refractivity contribution in [3.63, 3.8) is 0 Å². The summed E-state index contributed by atoms with van der Waals surface area (Å²) >= 11 is 0. The Kier molecular flexibility index (Phi) is 4.98. The van der Waals surface area contributed by atoms with Crippen LogP contribution < -0.4 is 10.5 Å². The van der Waals surface area contributed by atoms with Crippen LogP contribution in [0.15, 0.2) is 23.1 Å². The molecule has 6 heteroatoms. The van der Waals surface area contributed by atoms with Crippen LogP contribution in [0.25, 0.3) is 0 Å². The lowest BCUT2D eigenvalue weighted by Crippen LogP contribution is -2.12. The van der Waals surface area contributed by atoms with Crippen molar-refractivity contribution in [2.45, 2.75) is 24.8 Å². The largest absolute Gasteiger partial charge is 0.489 e. The molecule has 18 heavy (non-hydrogen) atoms. The van der Waals surface area contributed by atoms with Crippen LogP contribution in [-0.4, -0.2) is 34.0 Å². The summed E-state index contributed by atoms with van der Waals surface area (Å²) in [5, 5.41) is 0. The predicted molar refractivity (Wildman–Crippen MR) is 70.5 cm³/mol. The molecule has 0 bridgehead atoms. The van der Waals surface area contributed by atoms with Gasteiger partial charge in [-0.1, -0.05) is 0 Å². The van der Waals surface area contributed by atoms with Gasteiger partial charge in [0.2, 0.25) is 0 Å². The van der Waals surface area contributed by atoms with E-state index < -0.39 is 9.84 Å². The highest BCUT2D eigenvalue weighted by molar-refractivity contribution is 7.90. The van der Waals surface area contributed by atoms with Gasteiger partial charge in [0.25, 0.3) is 0 Å². The van der Waals surface area contributed by atoms with E-state index in [9.17, 15) is 8.42 Å². The Labute approximate surface area is 108 Å². The van der Waals surface area contributed by atoms with Gasteiger partial charge in [0.05, 0.1) is 23.3 Å². The number of benzene rings is 1. The van der Waals surface area contributed by atoms with Crippen LogP contribution in [0.5, 0.6) is 5.75 Å². The maximum atomic E-state index is 11.3. The summed E-state index contributed by atoms with van der Waals surface area (Å²) in [5.41, 5.74) is 6.04. The summed E-state index contributed by atoms with van der Waals surface area (Å²) in [5.74, 6) is 0.467. The Morgan fingerprint density at radius 1 is 1.28 bits per heavy atom. The summed E-state index contributed by atoms with van der Waals surface area (Å²) in [4.78, 5) is 0.186. The first-order chi connectivity index (χ1) is 8.30. The zero-order valence-electron chi connectivity index (χ0n) is 10.8. The third kappa shape index (κ3) is 4.54. The maximum absolute atomic E-state index is 11.3. The molecule has 0 unspecified atom stereocenters. The molecule has 1 aromatic rings. The molecular weight excluding hydrogens is 254 g/mol. The van der Waals surface area contributed by atoms with E-state index >= 15 is 0 Å². The molecule has 1 aromatic carbocycles. The van der Waals surface area contributed by atoms with Gasteiger partial charge >= 0.3 is 0 Å². The summed E-state index contributed by atoms with van der Waals surface area (Å²) < 4.78 is 33.4. The number of hydrogen-bond donors (Lipinski definition) is 1. The van der Waals surface area contributed by atoms with Crippen molar-refractivity contribution in [2.75, 3.05) is 25.2 Å². The maximum Gasteiger partial charge on any atom is 0.175 e. The van der Waals surface area contributed by atoms with Crippen LogP contribution in [0.1, 0.15) is 13.8 Å². The fourth-order valence-corrected chi connectivity index (χ4v) is 1.98. The van der Waals surface area contributed by atoms with E-state index in [2.05, 4.69) is 0 Å². The van der Waals surface area contributed by atoms with E-state index in [0.29, 0.717) is 24.7 Å². The minimum atomic E-state index is -3.24. The Morgan fingerprint density at radius 3 is 2.44 bits per heavy atom. The van der Waals surface area contributed by atoms with Gasteiger partial charge in [-0.3, -0.25) is 0 Å². The summed E-state index contributed by atoms with van der Waals surface area (Å²) in [6.07, 6.45) is 1.29. The fraction of sp³-hybridized carbons (Fsp3) is 0.500. The van der Waals surface area contributed by atoms with Crippen LogP contribution in [0.2, 0.25) is 0 Å². The molecule has 0 aliphatic rings. The van der Waals surface area contributed by atoms with Crippen molar-refractivity contribution < 1.29 is 17.9 Å². The van der Waals surface area contributed by atoms with Gasteiger partial charge < -0.3 is 15.2 Å². The number of sulfone groups is 1. The van der Waals surface area contributed by atoms with Crippen LogP contribution in [0, 0.1) is 0 Å². The van der Waals surface area contributed by atoms with Gasteiger partial charge in [-0.15, -0.1) is 0 Å². The predicted octanol–water partition coefficient (Wildman–Crippen LogP) is 1.48. The van der Waals surface area contributed by atoms with Gasteiger partial charge in [0.15, 0.2) is 9.84 Å². The smallest absolute Gasteiger partial charge is 0.175 e. The number of nitrogens with two attached hydrogens (primary N) is 1. The van der Waals surface area contributed by atoms with E-state index in [1.165, 1.54) is 12.1 Å². The molecule has 0 saturated carbocycles. The van der Waals surface area contributed by atoms with Crippen LogP contribution in [-0.2, 0) is 14.6 Å². The highest BCUT2D eigenvalue weighted by Gasteiger charge is 2.10. The third-order valence-corrected chi connectivity index (χ3v) is 3.31. The van der Waals surface area contributed by atoms with Gasteiger partial charge in [0, 0.05) is 6.26 Å². The van der Waals surface area contributed by atoms with Gasteiger partial charge in [-0.05, 0) is 32.0 Å². The normalized spacial score (nSPS) is 11.8. The van der Waals surface area contributed by atoms with Crippen molar-refractivity contribution in [3.05, 3.63) is 18.2 Å². The molecular formula is C12H19NO4S. The van der Waals surface area contributed by atoms with Crippen LogP contribution in [0.3, 0.4) is 0 Å². The molecule has 0 amide bonds. The van der Waals surface area contributed by atoms with E-state index in [1.54, 1.807) is 6.07 Å². The highest BCUT2D eigenvalue weighted by Crippen LogP contribution is 2.24. The molecule has 1 rings (SSSR count). The lowest BCUT2D eigenvalue weighted by Gasteiger charge is -2.11. The van der Waals surface area contributed by atoms with Crippen molar-refractivity contribution in [3.8, 4) is 5.75 Å². The molecule has 0 atom stereocenters. The zero-order valence-corrected chi connectivity index (χ0v) is 11.7. The molecule has 0 radical (unpaired) electrons. The van der Waals surface area contributed by atoms with Crippen molar-refractivity contribution in [2.24, 2.45) is 0 Å². The minimum Gasteiger partial charge on any atom is -0.489 e. The molecule has 0 aromatic heterocycles. The lowest BCUT2D eigenvalue weighted by atomic mass is 10.3. The average Bonchev–Trinajstić information content (AvgIpc) is 2.24. The SMILES string of the molecule is CC(C)OCCOc1ccc(S(C)(=O)=O)cc1N. The molecule has 0 aliphatic heterocycles. The molecule has 0 spiro atoms. The first-order valence-corrected chi connectivity index (χ1v) is 7.54. The standard InChI is InChI=1S/C12H19NO4S/c1-9(2)16-6-7-17-12-5-4-10(8-11(12)13)18(3,14)15/h4-5,8-9H,6-7,13H2,1-3H3. The molecule has 0 fully saturated rings. The van der Waals surface area contributed by atoms with E-state index in [0.717, 1.165) is 6.26 Å². The molecule has 0 saturated heterocycles. The zero-order chi connectivity index (χ0) is 13.8. The molecule has 5 nitrogen and oxygen atoms in total. The third-order valence-electron chi connectivity index (χ3n) is 2.20. The second kappa shape index (κ2) is 6.06. The Bertz CT molecular complexity index is 497. The number of rotatable bonds is 6. The molecule has 2 N–H and O–H groups in total. The van der Waals surface area contributed by atoms with Gasteiger partial charge in [0.1, 0.15) is 12.4 Å². The molecule has 0 aliphatic carbocycles. The minimum absolute atomic E-state index is 0.151. The number of anilines is 1. The summed E-state index contributed by atoms with van der Waals surface area (Å²) in [6.45, 7) is 4.72. The van der Waals surface area contributed by atoms with E-state index in [1.807, 2.05) is 13.8 Å². The first-order valence-electron chi connectivity index (χ1n) is 5.64. The van der Waals surface area contributed by atoms with Crippen molar-refractivity contribution >= 4 is 15.5 Å². The Morgan fingerprint density at radius 2 is 1.94 bits per heavy atom. The topological polar surface area (TPSA) is 78.6 Å². The van der Waals surface area contributed by atoms with Crippen molar-refractivity contribution in [1.82, 2.24) is 0 Å². The Balaban J connectivity index is 2.64. The highest BCUT2D eigenvalue weighted by atomic mass is 32.2. The summed E-state index contributed by atoms with van der Waals surface area (Å²) in [7, 11) is -3.24. The van der Waals surface area contributed by atoms with Crippen LogP contribution >= 0.6 is 0 Å². The van der Waals surface area contributed by atoms with E-state index in [-0.39, 0.29) is 11.0 Å². The second-order valence-corrected chi connectivity index (χ2v) is 6.26. The summed E-state index contributed by atoms with van der Waals surface area (Å²) in [6, 6.07) is 4.43. The molecule has 102 valence electrons. The Hall–Kier alpha value is -1.27. The van der Waals surface area contributed by atoms with Gasteiger partial charge in [-0.2, -0.15) is 0 Å². The number of ether oxygens (including phenoxy) is 2. The lowest BCUT2D eigenvalue weighted by molar-refractivity contribution is 0.0554. The van der Waals surface area contributed by atoms with Gasteiger partial charge in [-0.25, -0.2) is 8.42 Å². The van der Waals surface area contributed by atoms with E-state index in [4.69, 9.17) is 15.2 Å². The fourth-order valence-electron chi connectivity index (χ4n) is 1.32. The van der Waals surface area contributed by atoms with Crippen LogP contribution in [0.4, 0.5) is 5.69 Å². The van der Waals surface area contributed by atoms with Crippen molar-refractivity contribution in [1.29, 1.82) is 0 Å². The molecule has 0 heterocycles. The quantitative estimate of drug-likeness (QED) is 0.627. The first kappa shape index (κ1) is 14.8. The monoisotopic (exact) mass is 273 g/mol. The average molecular weight is 273 g/mol.